The smallest absolute Gasteiger partial charge is 0.163 e. The molecule has 0 radical (unpaired) electrons. The molecule has 13 heavy (non-hydrogen) atoms. The van der Waals surface area contributed by atoms with Crippen LogP contribution in [0.15, 0.2) is 24.8 Å². The molecule has 0 fully saturated rings. The van der Waals surface area contributed by atoms with Gasteiger partial charge in [0.1, 0.15) is 0 Å². The number of ether oxygens (including phenoxy) is 1. The molecular weight excluding hydrogens is 164 g/mol. The van der Waals surface area contributed by atoms with Crippen molar-refractivity contribution in [2.45, 2.75) is 13.3 Å². The molecule has 1 aromatic rings. The van der Waals surface area contributed by atoms with Gasteiger partial charge in [-0.1, -0.05) is 12.1 Å². The van der Waals surface area contributed by atoms with Gasteiger partial charge in [-0.3, -0.25) is 0 Å². The average molecular weight is 178 g/mol. The number of phenolic OH excluding ortho intramolecular Hbond substituents is 1. The van der Waals surface area contributed by atoms with Crippen molar-refractivity contribution < 1.29 is 9.84 Å². The van der Waals surface area contributed by atoms with Crippen LogP contribution in [0.2, 0.25) is 0 Å². The minimum atomic E-state index is 0.194. The summed E-state index contributed by atoms with van der Waals surface area (Å²) in [6.07, 6.45) is 2.50. The predicted octanol–water partition coefficient (Wildman–Crippen LogP) is 2.44. The van der Waals surface area contributed by atoms with E-state index in [0.717, 1.165) is 11.1 Å². The molecule has 0 heterocycles. The van der Waals surface area contributed by atoms with Gasteiger partial charge in [0.25, 0.3) is 0 Å². The molecule has 0 saturated heterocycles. The van der Waals surface area contributed by atoms with Gasteiger partial charge in [-0.25, -0.2) is 0 Å². The monoisotopic (exact) mass is 178 g/mol. The zero-order valence-corrected chi connectivity index (χ0v) is 8.00. The van der Waals surface area contributed by atoms with Crippen molar-refractivity contribution in [3.63, 3.8) is 0 Å². The van der Waals surface area contributed by atoms with Gasteiger partial charge in [0.2, 0.25) is 0 Å². The number of aromatic hydroxyl groups is 1. The molecule has 0 aliphatic rings. The zero-order chi connectivity index (χ0) is 9.84. The van der Waals surface area contributed by atoms with Crippen molar-refractivity contribution in [1.29, 1.82) is 0 Å². The average Bonchev–Trinajstić information content (AvgIpc) is 2.04. The van der Waals surface area contributed by atoms with E-state index in [2.05, 4.69) is 6.58 Å². The predicted molar refractivity (Wildman–Crippen MR) is 53.3 cm³/mol. The Morgan fingerprint density at radius 1 is 1.54 bits per heavy atom. The fraction of sp³-hybridized carbons (Fsp3) is 0.273. The van der Waals surface area contributed by atoms with Crippen LogP contribution in [0.5, 0.6) is 11.5 Å². The maximum atomic E-state index is 9.54. The Morgan fingerprint density at radius 2 is 2.23 bits per heavy atom. The van der Waals surface area contributed by atoms with E-state index in [0.29, 0.717) is 12.2 Å². The van der Waals surface area contributed by atoms with Gasteiger partial charge in [0, 0.05) is 5.56 Å². The summed E-state index contributed by atoms with van der Waals surface area (Å²) in [5, 5.41) is 9.54. The lowest BCUT2D eigenvalue weighted by Gasteiger charge is -2.09. The van der Waals surface area contributed by atoms with E-state index >= 15 is 0 Å². The van der Waals surface area contributed by atoms with Gasteiger partial charge >= 0.3 is 0 Å². The molecule has 0 aliphatic heterocycles. The number of benzene rings is 1. The van der Waals surface area contributed by atoms with E-state index in [4.69, 9.17) is 4.74 Å². The van der Waals surface area contributed by atoms with Crippen LogP contribution in [-0.2, 0) is 6.42 Å². The molecule has 0 amide bonds. The minimum absolute atomic E-state index is 0.194. The van der Waals surface area contributed by atoms with Crippen molar-refractivity contribution >= 4 is 0 Å². The number of allylic oxidation sites excluding steroid dienone is 1. The second-order valence-corrected chi connectivity index (χ2v) is 2.97. The van der Waals surface area contributed by atoms with Crippen LogP contribution in [0.1, 0.15) is 11.1 Å². The van der Waals surface area contributed by atoms with Crippen LogP contribution < -0.4 is 4.74 Å². The van der Waals surface area contributed by atoms with Crippen LogP contribution in [0.4, 0.5) is 0 Å². The third-order valence-corrected chi connectivity index (χ3v) is 1.86. The highest BCUT2D eigenvalue weighted by molar-refractivity contribution is 5.48. The summed E-state index contributed by atoms with van der Waals surface area (Å²) in [6.45, 7) is 5.59. The van der Waals surface area contributed by atoms with Crippen LogP contribution in [-0.4, -0.2) is 12.2 Å². The third kappa shape index (κ3) is 2.02. The van der Waals surface area contributed by atoms with E-state index in [1.807, 2.05) is 13.0 Å². The molecular formula is C11H14O2. The zero-order valence-electron chi connectivity index (χ0n) is 8.00. The second kappa shape index (κ2) is 3.99. The Labute approximate surface area is 78.5 Å². The van der Waals surface area contributed by atoms with E-state index in [1.165, 1.54) is 0 Å². The summed E-state index contributed by atoms with van der Waals surface area (Å²) in [4.78, 5) is 0. The summed E-state index contributed by atoms with van der Waals surface area (Å²) >= 11 is 0. The maximum Gasteiger partial charge on any atom is 0.163 e. The molecule has 0 atom stereocenters. The lowest BCUT2D eigenvalue weighted by Crippen LogP contribution is -1.92. The Bertz CT molecular complexity index is 316. The van der Waals surface area contributed by atoms with Crippen molar-refractivity contribution in [3.8, 4) is 11.5 Å². The number of hydrogen-bond donors (Lipinski definition) is 1. The molecule has 0 saturated carbocycles. The largest absolute Gasteiger partial charge is 0.504 e. The lowest BCUT2D eigenvalue weighted by atomic mass is 10.1. The first-order chi connectivity index (χ1) is 6.19. The van der Waals surface area contributed by atoms with Crippen LogP contribution in [0, 0.1) is 6.92 Å². The van der Waals surface area contributed by atoms with Gasteiger partial charge in [0.05, 0.1) is 7.11 Å². The molecule has 70 valence electrons. The Hall–Kier alpha value is -1.44. The third-order valence-electron chi connectivity index (χ3n) is 1.86. The molecule has 0 spiro atoms. The number of aryl methyl sites for hydroxylation is 1. The molecule has 0 aliphatic carbocycles. The van der Waals surface area contributed by atoms with E-state index < -0.39 is 0 Å². The van der Waals surface area contributed by atoms with Crippen molar-refractivity contribution in [1.82, 2.24) is 0 Å². The topological polar surface area (TPSA) is 29.5 Å². The van der Waals surface area contributed by atoms with Crippen LogP contribution in [0.25, 0.3) is 0 Å². The first-order valence-corrected chi connectivity index (χ1v) is 4.16. The maximum absolute atomic E-state index is 9.54. The molecule has 2 heteroatoms. The highest BCUT2D eigenvalue weighted by Gasteiger charge is 2.07. The van der Waals surface area contributed by atoms with E-state index in [-0.39, 0.29) is 5.75 Å². The number of rotatable bonds is 3. The van der Waals surface area contributed by atoms with Crippen molar-refractivity contribution in [2.24, 2.45) is 0 Å². The fourth-order valence-electron chi connectivity index (χ4n) is 1.37. The summed E-state index contributed by atoms with van der Waals surface area (Å²) in [6, 6.07) is 3.67. The highest BCUT2D eigenvalue weighted by atomic mass is 16.5. The molecule has 1 aromatic carbocycles. The van der Waals surface area contributed by atoms with E-state index in [9.17, 15) is 5.11 Å². The molecule has 0 bridgehead atoms. The van der Waals surface area contributed by atoms with E-state index in [1.54, 1.807) is 19.3 Å². The first kappa shape index (κ1) is 9.65. The van der Waals surface area contributed by atoms with Crippen LogP contribution >= 0.6 is 0 Å². The second-order valence-electron chi connectivity index (χ2n) is 2.97. The summed E-state index contributed by atoms with van der Waals surface area (Å²) < 4.78 is 5.09. The van der Waals surface area contributed by atoms with Gasteiger partial charge in [-0.05, 0) is 25.0 Å². The fourth-order valence-corrected chi connectivity index (χ4v) is 1.37. The summed E-state index contributed by atoms with van der Waals surface area (Å²) in [5.41, 5.74) is 1.99. The van der Waals surface area contributed by atoms with Gasteiger partial charge < -0.3 is 9.84 Å². The number of methoxy groups -OCH3 is 1. The molecule has 1 N–H and O–H groups in total. The minimum Gasteiger partial charge on any atom is -0.504 e. The van der Waals surface area contributed by atoms with Gasteiger partial charge in [0.15, 0.2) is 11.5 Å². The van der Waals surface area contributed by atoms with Gasteiger partial charge in [-0.15, -0.1) is 6.58 Å². The molecule has 0 aromatic heterocycles. The first-order valence-electron chi connectivity index (χ1n) is 4.16. The summed E-state index contributed by atoms with van der Waals surface area (Å²) in [7, 11) is 1.55. The standard InChI is InChI=1S/C11H14O2/c1-4-5-9-6-8(2)7-10(12)11(9)13-3/h4,6-7,12H,1,5H2,2-3H3. The highest BCUT2D eigenvalue weighted by Crippen LogP contribution is 2.31. The Balaban J connectivity index is 3.20. The number of hydrogen-bond acceptors (Lipinski definition) is 2. The van der Waals surface area contributed by atoms with Crippen molar-refractivity contribution in [2.75, 3.05) is 7.11 Å². The molecule has 2 nitrogen and oxygen atoms in total. The lowest BCUT2D eigenvalue weighted by molar-refractivity contribution is 0.370. The quantitative estimate of drug-likeness (QED) is 0.720. The van der Waals surface area contributed by atoms with Crippen LogP contribution in [0.3, 0.4) is 0 Å². The van der Waals surface area contributed by atoms with Gasteiger partial charge in [-0.2, -0.15) is 0 Å². The summed E-state index contributed by atoms with van der Waals surface area (Å²) in [5.74, 6) is 0.741. The molecule has 0 unspecified atom stereocenters. The molecule has 1 rings (SSSR count). The Kier molecular flexibility index (Phi) is 2.96. The Morgan fingerprint density at radius 3 is 2.77 bits per heavy atom. The van der Waals surface area contributed by atoms with Crippen molar-refractivity contribution in [3.05, 3.63) is 35.9 Å². The number of phenols is 1. The SMILES string of the molecule is C=CCc1cc(C)cc(O)c1OC. The normalized spacial score (nSPS) is 9.69.